The maximum absolute atomic E-state index is 11.2. The molecule has 0 aliphatic heterocycles. The number of carbonyl (C=O) groups excluding carboxylic acids is 1. The van der Waals surface area contributed by atoms with Crippen molar-refractivity contribution in [1.82, 2.24) is 9.97 Å². The summed E-state index contributed by atoms with van der Waals surface area (Å²) in [4.78, 5) is 29.6. The molecule has 5 heteroatoms. The van der Waals surface area contributed by atoms with Crippen molar-refractivity contribution in [3.05, 3.63) is 28.7 Å². The van der Waals surface area contributed by atoms with Gasteiger partial charge in [-0.25, -0.2) is 4.79 Å². The number of imidazole rings is 1. The lowest BCUT2D eigenvalue weighted by Crippen LogP contribution is -2.18. The van der Waals surface area contributed by atoms with Crippen LogP contribution in [0.15, 0.2) is 23.0 Å². The van der Waals surface area contributed by atoms with Crippen LogP contribution >= 0.6 is 0 Å². The van der Waals surface area contributed by atoms with E-state index in [2.05, 4.69) is 14.9 Å². The summed E-state index contributed by atoms with van der Waals surface area (Å²) < 4.78 is 0. The molecule has 0 unspecified atom stereocenters. The van der Waals surface area contributed by atoms with Crippen LogP contribution in [0.5, 0.6) is 0 Å². The van der Waals surface area contributed by atoms with E-state index in [1.54, 1.807) is 6.92 Å². The highest BCUT2D eigenvalue weighted by atomic mass is 16.1. The number of rotatable bonds is 5. The van der Waals surface area contributed by atoms with Crippen LogP contribution in [0, 0.1) is 0 Å². The number of benzene rings is 1. The number of carbonyl (C=O) groups is 1. The molecule has 0 fully saturated rings. The highest BCUT2D eigenvalue weighted by Crippen LogP contribution is 2.18. The van der Waals surface area contributed by atoms with E-state index in [1.165, 1.54) is 0 Å². The van der Waals surface area contributed by atoms with Crippen LogP contribution in [0.3, 0.4) is 0 Å². The standard InChI is InChI=1S/C13H17N3O2/c1-9(17)4-3-7-16(2)10-5-6-11-12(8-10)15-13(18)14-11/h5-6,8H,3-4,7H2,1-2H3,(H2,14,15,18). The Morgan fingerprint density at radius 1 is 1.28 bits per heavy atom. The average molecular weight is 247 g/mol. The normalized spacial score (nSPS) is 10.8. The lowest BCUT2D eigenvalue weighted by atomic mass is 10.2. The van der Waals surface area contributed by atoms with Gasteiger partial charge in [0.25, 0.3) is 0 Å². The van der Waals surface area contributed by atoms with Crippen molar-refractivity contribution in [1.29, 1.82) is 0 Å². The fourth-order valence-corrected chi connectivity index (χ4v) is 1.95. The second-order valence-corrected chi connectivity index (χ2v) is 4.54. The Balaban J connectivity index is 2.09. The molecule has 0 aliphatic carbocycles. The number of aromatic nitrogens is 2. The summed E-state index contributed by atoms with van der Waals surface area (Å²) in [6.07, 6.45) is 1.45. The Morgan fingerprint density at radius 2 is 2.00 bits per heavy atom. The minimum Gasteiger partial charge on any atom is -0.375 e. The van der Waals surface area contributed by atoms with E-state index in [1.807, 2.05) is 25.2 Å². The van der Waals surface area contributed by atoms with Crippen molar-refractivity contribution in [2.24, 2.45) is 0 Å². The minimum absolute atomic E-state index is 0.193. The molecule has 0 spiro atoms. The third kappa shape index (κ3) is 2.80. The monoisotopic (exact) mass is 247 g/mol. The molecule has 2 aromatic rings. The molecule has 2 N–H and O–H groups in total. The van der Waals surface area contributed by atoms with Crippen molar-refractivity contribution in [3.8, 4) is 0 Å². The zero-order valence-corrected chi connectivity index (χ0v) is 10.6. The summed E-state index contributed by atoms with van der Waals surface area (Å²) in [7, 11) is 1.98. The van der Waals surface area contributed by atoms with Crippen molar-refractivity contribution in [2.75, 3.05) is 18.5 Å². The Morgan fingerprint density at radius 3 is 2.72 bits per heavy atom. The molecule has 0 aliphatic rings. The van der Waals surface area contributed by atoms with Gasteiger partial charge in [-0.05, 0) is 31.5 Å². The summed E-state index contributed by atoms with van der Waals surface area (Å²) in [5.74, 6) is 0.216. The van der Waals surface area contributed by atoms with Gasteiger partial charge in [-0.15, -0.1) is 0 Å². The summed E-state index contributed by atoms with van der Waals surface area (Å²) in [5.41, 5.74) is 2.44. The number of H-pyrrole nitrogens is 2. The molecule has 0 saturated carbocycles. The molecule has 0 bridgehead atoms. The topological polar surface area (TPSA) is 69.0 Å². The van der Waals surface area contributed by atoms with Gasteiger partial charge in [0.05, 0.1) is 11.0 Å². The molecule has 96 valence electrons. The van der Waals surface area contributed by atoms with E-state index < -0.39 is 0 Å². The largest absolute Gasteiger partial charge is 0.375 e. The molecule has 0 radical (unpaired) electrons. The van der Waals surface area contributed by atoms with Crippen molar-refractivity contribution in [2.45, 2.75) is 19.8 Å². The lowest BCUT2D eigenvalue weighted by Gasteiger charge is -2.18. The number of hydrogen-bond donors (Lipinski definition) is 2. The molecule has 0 amide bonds. The van der Waals surface area contributed by atoms with E-state index in [0.717, 1.165) is 29.7 Å². The van der Waals surface area contributed by atoms with Gasteiger partial charge in [-0.2, -0.15) is 0 Å². The van der Waals surface area contributed by atoms with Crippen LogP contribution in [0.4, 0.5) is 5.69 Å². The van der Waals surface area contributed by atoms with E-state index in [-0.39, 0.29) is 11.5 Å². The van der Waals surface area contributed by atoms with Gasteiger partial charge in [0, 0.05) is 25.7 Å². The second kappa shape index (κ2) is 5.08. The third-order valence-corrected chi connectivity index (χ3v) is 2.96. The quantitative estimate of drug-likeness (QED) is 0.844. The van der Waals surface area contributed by atoms with Gasteiger partial charge in [-0.3, -0.25) is 0 Å². The SMILES string of the molecule is CC(=O)CCCN(C)c1ccc2[nH]c(=O)[nH]c2c1. The summed E-state index contributed by atoms with van der Waals surface area (Å²) in [6, 6.07) is 5.77. The average Bonchev–Trinajstić information content (AvgIpc) is 2.67. The molecule has 1 aromatic carbocycles. The van der Waals surface area contributed by atoms with Gasteiger partial charge in [0.2, 0.25) is 0 Å². The highest BCUT2D eigenvalue weighted by Gasteiger charge is 2.04. The smallest absolute Gasteiger partial charge is 0.323 e. The number of nitrogens with zero attached hydrogens (tertiary/aromatic N) is 1. The van der Waals surface area contributed by atoms with E-state index in [9.17, 15) is 9.59 Å². The van der Waals surface area contributed by atoms with Gasteiger partial charge in [0.15, 0.2) is 0 Å². The Kier molecular flexibility index (Phi) is 3.50. The van der Waals surface area contributed by atoms with Crippen LogP contribution < -0.4 is 10.6 Å². The number of Topliss-reactive ketones (excluding diaryl/α,β-unsaturated/α-hetero) is 1. The zero-order valence-electron chi connectivity index (χ0n) is 10.6. The van der Waals surface area contributed by atoms with Crippen LogP contribution in [0.25, 0.3) is 11.0 Å². The number of ketones is 1. The predicted molar refractivity (Wildman–Crippen MR) is 72.1 cm³/mol. The molecule has 0 atom stereocenters. The van der Waals surface area contributed by atoms with Gasteiger partial charge >= 0.3 is 5.69 Å². The first-order valence-corrected chi connectivity index (χ1v) is 5.99. The molecule has 0 saturated heterocycles. The Bertz CT molecular complexity index is 612. The molecule has 5 nitrogen and oxygen atoms in total. The van der Waals surface area contributed by atoms with Crippen LogP contribution in [0.2, 0.25) is 0 Å². The summed E-state index contributed by atoms with van der Waals surface area (Å²) >= 11 is 0. The number of fused-ring (bicyclic) bond motifs is 1. The highest BCUT2D eigenvalue weighted by molar-refractivity contribution is 5.79. The molecule has 1 aromatic heterocycles. The molecular formula is C13H17N3O2. The molecule has 1 heterocycles. The summed E-state index contributed by atoms with van der Waals surface area (Å²) in [6.45, 7) is 2.43. The first-order valence-electron chi connectivity index (χ1n) is 5.99. The maximum Gasteiger partial charge on any atom is 0.323 e. The Hall–Kier alpha value is -2.04. The minimum atomic E-state index is -0.193. The van der Waals surface area contributed by atoms with E-state index in [4.69, 9.17) is 0 Å². The van der Waals surface area contributed by atoms with Gasteiger partial charge in [0.1, 0.15) is 5.78 Å². The van der Waals surface area contributed by atoms with Gasteiger partial charge < -0.3 is 19.7 Å². The number of anilines is 1. The van der Waals surface area contributed by atoms with Crippen molar-refractivity contribution >= 4 is 22.5 Å². The van der Waals surface area contributed by atoms with Crippen molar-refractivity contribution < 1.29 is 4.79 Å². The molecule has 2 rings (SSSR count). The lowest BCUT2D eigenvalue weighted by molar-refractivity contribution is -0.117. The fourth-order valence-electron chi connectivity index (χ4n) is 1.95. The first-order chi connectivity index (χ1) is 8.56. The number of nitrogens with one attached hydrogen (secondary N) is 2. The second-order valence-electron chi connectivity index (χ2n) is 4.54. The van der Waals surface area contributed by atoms with Crippen LogP contribution in [0.1, 0.15) is 19.8 Å². The first kappa shape index (κ1) is 12.4. The van der Waals surface area contributed by atoms with Crippen LogP contribution in [-0.2, 0) is 4.79 Å². The molecular weight excluding hydrogens is 230 g/mol. The third-order valence-electron chi connectivity index (χ3n) is 2.96. The Labute approximate surface area is 105 Å². The van der Waals surface area contributed by atoms with E-state index in [0.29, 0.717) is 6.42 Å². The maximum atomic E-state index is 11.2. The number of aromatic amines is 2. The van der Waals surface area contributed by atoms with Crippen molar-refractivity contribution in [3.63, 3.8) is 0 Å². The molecule has 18 heavy (non-hydrogen) atoms. The predicted octanol–water partition coefficient (Wildman–Crippen LogP) is 1.66. The van der Waals surface area contributed by atoms with Crippen LogP contribution in [-0.4, -0.2) is 29.3 Å². The fraction of sp³-hybridized carbons (Fsp3) is 0.385. The van der Waals surface area contributed by atoms with E-state index >= 15 is 0 Å². The number of hydrogen-bond acceptors (Lipinski definition) is 3. The van der Waals surface area contributed by atoms with Gasteiger partial charge in [-0.1, -0.05) is 0 Å². The zero-order chi connectivity index (χ0) is 13.1. The summed E-state index contributed by atoms with van der Waals surface area (Å²) in [5, 5.41) is 0.